The van der Waals surface area contributed by atoms with Crippen molar-refractivity contribution < 1.29 is 59.3 Å². The number of carbonyl (C=O) groups excluding carboxylic acids is 2. The summed E-state index contributed by atoms with van der Waals surface area (Å²) in [5.41, 5.74) is -5.08. The number of nitrogens with one attached hydrogen (secondary N) is 2. The van der Waals surface area contributed by atoms with Gasteiger partial charge in [-0.2, -0.15) is 22.0 Å². The van der Waals surface area contributed by atoms with Crippen LogP contribution in [-0.2, 0) is 19.6 Å². The number of carbonyl (C=O) groups is 2. The van der Waals surface area contributed by atoms with Crippen molar-refractivity contribution in [3.8, 4) is 11.6 Å². The van der Waals surface area contributed by atoms with Crippen molar-refractivity contribution in [1.82, 2.24) is 15.1 Å². The minimum Gasteiger partial charge on any atom is -0.484 e. The minimum absolute atomic E-state index is 0.0800. The predicted octanol–water partition coefficient (Wildman–Crippen LogP) is 3.41. The molecule has 3 rings (SSSR count). The number of aliphatic hydroxyl groups is 1. The van der Waals surface area contributed by atoms with Crippen LogP contribution in [0.2, 0.25) is 0 Å². The summed E-state index contributed by atoms with van der Waals surface area (Å²) in [7, 11) is -4.78. The van der Waals surface area contributed by atoms with E-state index in [1.165, 1.54) is 32.9 Å². The second-order valence-corrected chi connectivity index (χ2v) is 12.1. The Hall–Kier alpha value is -3.87. The first-order chi connectivity index (χ1) is 19.7. The molecular weight excluding hydrogens is 613 g/mol. The van der Waals surface area contributed by atoms with Gasteiger partial charge in [0.15, 0.2) is 4.90 Å². The van der Waals surface area contributed by atoms with Gasteiger partial charge in [-0.05, 0) is 52.8 Å². The molecule has 0 spiro atoms. The number of aromatic nitrogens is 2. The van der Waals surface area contributed by atoms with Gasteiger partial charge in [0.2, 0.25) is 5.60 Å². The van der Waals surface area contributed by atoms with Crippen LogP contribution in [0.5, 0.6) is 11.6 Å². The maximum atomic E-state index is 13.9. The molecule has 2 heterocycles. The van der Waals surface area contributed by atoms with Gasteiger partial charge in [0.25, 0.3) is 21.8 Å². The molecule has 0 unspecified atom stereocenters. The van der Waals surface area contributed by atoms with E-state index in [0.29, 0.717) is 20.0 Å². The highest BCUT2D eigenvalue weighted by molar-refractivity contribution is 7.93. The number of benzene rings is 1. The van der Waals surface area contributed by atoms with E-state index in [0.717, 1.165) is 10.4 Å². The van der Waals surface area contributed by atoms with Crippen LogP contribution in [0.3, 0.4) is 0 Å². The molecule has 0 saturated heterocycles. The standard InChI is InChI=1S/C24H30F5N5O8S/c1-6-40-18-17(12-33(32-18)20(25)26)43(38,39)34-11-14(10-30-19(35)22(2,3)37)41-16-8-7-13(9-15(16)34)31-21(36)42-23(4,5)24(27,28)29/h7-9,12,14,20,37H,6,10-11H2,1-5H3,(H,30,35)(H,31,36)/t14-/m0/s1. The molecular formula is C24H30F5N5O8S. The third-order valence-electron chi connectivity index (χ3n) is 5.93. The number of nitrogens with zero attached hydrogens (tertiary/aromatic N) is 3. The van der Waals surface area contributed by atoms with Crippen LogP contribution in [0, 0.1) is 0 Å². The zero-order valence-electron chi connectivity index (χ0n) is 23.5. The van der Waals surface area contributed by atoms with Gasteiger partial charge in [0.05, 0.1) is 31.6 Å². The third kappa shape index (κ3) is 7.56. The number of alkyl halides is 5. The van der Waals surface area contributed by atoms with E-state index in [2.05, 4.69) is 20.5 Å². The maximum Gasteiger partial charge on any atom is 0.427 e. The fraction of sp³-hybridized carbons (Fsp3) is 0.542. The van der Waals surface area contributed by atoms with Crippen molar-refractivity contribution in [2.75, 3.05) is 29.3 Å². The lowest BCUT2D eigenvalue weighted by molar-refractivity contribution is -0.242. The quantitative estimate of drug-likeness (QED) is 0.330. The molecule has 1 aromatic carbocycles. The third-order valence-corrected chi connectivity index (χ3v) is 7.69. The van der Waals surface area contributed by atoms with Crippen LogP contribution in [0.15, 0.2) is 29.3 Å². The van der Waals surface area contributed by atoms with Gasteiger partial charge in [0, 0.05) is 5.69 Å². The Labute approximate surface area is 242 Å². The Morgan fingerprint density at radius 2 is 1.86 bits per heavy atom. The average Bonchev–Trinajstić information content (AvgIpc) is 3.30. The van der Waals surface area contributed by atoms with Gasteiger partial charge < -0.3 is 24.6 Å². The van der Waals surface area contributed by atoms with Crippen LogP contribution < -0.4 is 24.4 Å². The Morgan fingerprint density at radius 3 is 2.42 bits per heavy atom. The molecule has 0 fully saturated rings. The fourth-order valence-electron chi connectivity index (χ4n) is 3.57. The van der Waals surface area contributed by atoms with Crippen molar-refractivity contribution in [1.29, 1.82) is 0 Å². The lowest BCUT2D eigenvalue weighted by Gasteiger charge is -2.36. The molecule has 43 heavy (non-hydrogen) atoms. The Morgan fingerprint density at radius 1 is 1.21 bits per heavy atom. The first-order valence-corrected chi connectivity index (χ1v) is 14.0. The van der Waals surface area contributed by atoms with Gasteiger partial charge in [-0.25, -0.2) is 17.9 Å². The summed E-state index contributed by atoms with van der Waals surface area (Å²) < 4.78 is 110. The molecule has 1 atom stereocenters. The molecule has 2 amide bonds. The second kappa shape index (κ2) is 12.0. The lowest BCUT2D eigenvalue weighted by atomic mass is 10.1. The van der Waals surface area contributed by atoms with Gasteiger partial charge in [-0.15, -0.1) is 5.10 Å². The summed E-state index contributed by atoms with van der Waals surface area (Å²) in [6.07, 6.45) is -6.91. The summed E-state index contributed by atoms with van der Waals surface area (Å²) in [6, 6.07) is 3.43. The summed E-state index contributed by atoms with van der Waals surface area (Å²) in [6.45, 7) is 1.01. The fourth-order valence-corrected chi connectivity index (χ4v) is 5.13. The molecule has 19 heteroatoms. The Balaban J connectivity index is 2.03. The molecule has 2 aromatic rings. The zero-order chi connectivity index (χ0) is 32.5. The summed E-state index contributed by atoms with van der Waals surface area (Å²) >= 11 is 0. The normalized spacial score (nSPS) is 15.9. The van der Waals surface area contributed by atoms with Crippen LogP contribution in [0.1, 0.15) is 41.2 Å². The van der Waals surface area contributed by atoms with E-state index >= 15 is 0 Å². The van der Waals surface area contributed by atoms with Gasteiger partial charge in [-0.3, -0.25) is 14.4 Å². The topological polar surface area (TPSA) is 161 Å². The van der Waals surface area contributed by atoms with Crippen molar-refractivity contribution in [2.45, 2.75) is 69.5 Å². The summed E-state index contributed by atoms with van der Waals surface area (Å²) in [5, 5.41) is 17.9. The molecule has 1 aliphatic heterocycles. The van der Waals surface area contributed by atoms with E-state index in [4.69, 9.17) is 9.47 Å². The minimum atomic E-state index is -4.89. The SMILES string of the molecule is CCOc1nn(C(F)F)cc1S(=O)(=O)N1C[C@H](CNC(=O)C(C)(C)O)Oc2ccc(NC(=O)OC(C)(C)C(F)(F)F)cc21. The largest absolute Gasteiger partial charge is 0.484 e. The summed E-state index contributed by atoms with van der Waals surface area (Å²) in [5.74, 6) is -1.55. The Bertz CT molecular complexity index is 1460. The molecule has 0 bridgehead atoms. The van der Waals surface area contributed by atoms with Crippen molar-refractivity contribution >= 4 is 33.4 Å². The average molecular weight is 644 g/mol. The van der Waals surface area contributed by atoms with E-state index in [1.807, 2.05) is 0 Å². The maximum absolute atomic E-state index is 13.9. The van der Waals surface area contributed by atoms with Gasteiger partial charge in [-0.1, -0.05) is 0 Å². The van der Waals surface area contributed by atoms with Crippen LogP contribution in [0.25, 0.3) is 0 Å². The molecule has 3 N–H and O–H groups in total. The number of sulfonamides is 1. The number of hydrogen-bond acceptors (Lipinski definition) is 9. The van der Waals surface area contributed by atoms with Crippen molar-refractivity contribution in [3.05, 3.63) is 24.4 Å². The lowest BCUT2D eigenvalue weighted by Crippen LogP contribution is -2.51. The van der Waals surface area contributed by atoms with Crippen molar-refractivity contribution in [3.63, 3.8) is 0 Å². The molecule has 13 nitrogen and oxygen atoms in total. The molecule has 0 radical (unpaired) electrons. The van der Waals surface area contributed by atoms with E-state index in [1.54, 1.807) is 0 Å². The monoisotopic (exact) mass is 643 g/mol. The first-order valence-electron chi connectivity index (χ1n) is 12.6. The van der Waals surface area contributed by atoms with Gasteiger partial charge >= 0.3 is 18.8 Å². The van der Waals surface area contributed by atoms with Gasteiger partial charge in [0.1, 0.15) is 17.5 Å². The van der Waals surface area contributed by atoms with Crippen LogP contribution in [0.4, 0.5) is 38.1 Å². The van der Waals surface area contributed by atoms with E-state index in [9.17, 15) is 45.1 Å². The number of anilines is 2. The molecule has 240 valence electrons. The molecule has 0 aliphatic carbocycles. The number of hydrogen-bond donors (Lipinski definition) is 3. The number of amides is 2. The van der Waals surface area contributed by atoms with Crippen molar-refractivity contribution in [2.24, 2.45) is 0 Å². The van der Waals surface area contributed by atoms with Crippen LogP contribution >= 0.6 is 0 Å². The number of fused-ring (bicyclic) bond motifs is 1. The highest BCUT2D eigenvalue weighted by Gasteiger charge is 2.51. The van der Waals surface area contributed by atoms with E-state index in [-0.39, 0.29) is 35.0 Å². The molecule has 1 aromatic heterocycles. The van der Waals surface area contributed by atoms with E-state index < -0.39 is 69.4 Å². The molecule has 1 aliphatic rings. The Kier molecular flexibility index (Phi) is 9.40. The van der Waals surface area contributed by atoms with Crippen LogP contribution in [-0.4, -0.2) is 78.5 Å². The number of rotatable bonds is 10. The smallest absolute Gasteiger partial charge is 0.427 e. The first kappa shape index (κ1) is 33.6. The summed E-state index contributed by atoms with van der Waals surface area (Å²) in [4.78, 5) is 23.7. The molecule has 0 saturated carbocycles. The second-order valence-electron chi connectivity index (χ2n) is 10.2. The number of halogens is 5. The highest BCUT2D eigenvalue weighted by Crippen LogP contribution is 2.41. The number of ether oxygens (including phenoxy) is 3. The highest BCUT2D eigenvalue weighted by atomic mass is 32.2. The predicted molar refractivity (Wildman–Crippen MR) is 140 cm³/mol. The zero-order valence-corrected chi connectivity index (χ0v) is 24.3.